The average molecular weight is 326 g/mol. The lowest BCUT2D eigenvalue weighted by molar-refractivity contribution is 0.0948. The van der Waals surface area contributed by atoms with Crippen molar-refractivity contribution < 1.29 is 9.18 Å². The lowest BCUT2D eigenvalue weighted by atomic mass is 9.89. The minimum Gasteiger partial charge on any atom is -0.351 e. The van der Waals surface area contributed by atoms with Crippen LogP contribution in [-0.2, 0) is 0 Å². The number of carbonyl (C=O) groups is 1. The number of amides is 1. The van der Waals surface area contributed by atoms with E-state index < -0.39 is 0 Å². The number of fused-ring (bicyclic) bond motifs is 1. The molecular formula is C16H17ClFNOS. The quantitative estimate of drug-likeness (QED) is 0.845. The largest absolute Gasteiger partial charge is 0.351 e. The van der Waals surface area contributed by atoms with Crippen molar-refractivity contribution in [3.8, 4) is 0 Å². The minimum atomic E-state index is -0.311. The Bertz CT molecular complexity index is 664. The topological polar surface area (TPSA) is 29.1 Å². The van der Waals surface area contributed by atoms with Crippen LogP contribution < -0.4 is 5.32 Å². The molecule has 0 atom stereocenters. The highest BCUT2D eigenvalue weighted by Gasteiger charge is 2.19. The van der Waals surface area contributed by atoms with Crippen molar-refractivity contribution >= 4 is 38.9 Å². The van der Waals surface area contributed by atoms with Crippen LogP contribution in [0.15, 0.2) is 18.2 Å². The zero-order valence-electron chi connectivity index (χ0n) is 11.6. The van der Waals surface area contributed by atoms with Crippen molar-refractivity contribution in [2.75, 3.05) is 6.54 Å². The second-order valence-electron chi connectivity index (χ2n) is 5.60. The van der Waals surface area contributed by atoms with E-state index in [0.717, 1.165) is 5.39 Å². The monoisotopic (exact) mass is 325 g/mol. The van der Waals surface area contributed by atoms with E-state index in [4.69, 9.17) is 11.6 Å². The Hall–Kier alpha value is -1.13. The number of thiophene rings is 1. The molecule has 1 fully saturated rings. The summed E-state index contributed by atoms with van der Waals surface area (Å²) in [6, 6.07) is 4.41. The van der Waals surface area contributed by atoms with Gasteiger partial charge >= 0.3 is 0 Å². The maximum absolute atomic E-state index is 13.2. The van der Waals surface area contributed by atoms with Crippen LogP contribution in [-0.4, -0.2) is 12.5 Å². The van der Waals surface area contributed by atoms with Gasteiger partial charge in [-0.15, -0.1) is 11.3 Å². The molecule has 0 unspecified atom stereocenters. The highest BCUT2D eigenvalue weighted by Crippen LogP contribution is 2.35. The van der Waals surface area contributed by atoms with E-state index in [1.165, 1.54) is 55.6 Å². The van der Waals surface area contributed by atoms with Crippen LogP contribution in [0.1, 0.15) is 41.8 Å². The number of hydrogen-bond donors (Lipinski definition) is 1. The van der Waals surface area contributed by atoms with Crippen molar-refractivity contribution in [3.63, 3.8) is 0 Å². The lowest BCUT2D eigenvalue weighted by Gasteiger charge is -2.21. The van der Waals surface area contributed by atoms with E-state index in [2.05, 4.69) is 5.32 Å². The highest BCUT2D eigenvalue weighted by molar-refractivity contribution is 7.21. The molecule has 5 heteroatoms. The van der Waals surface area contributed by atoms with Gasteiger partial charge in [-0.1, -0.05) is 30.9 Å². The van der Waals surface area contributed by atoms with E-state index >= 15 is 0 Å². The first-order chi connectivity index (χ1) is 10.1. The van der Waals surface area contributed by atoms with Crippen LogP contribution in [0.2, 0.25) is 5.02 Å². The Kier molecular flexibility index (Phi) is 4.45. The first kappa shape index (κ1) is 14.8. The maximum Gasteiger partial charge on any atom is 0.262 e. The van der Waals surface area contributed by atoms with Gasteiger partial charge in [-0.05, 0) is 37.0 Å². The number of hydrogen-bond acceptors (Lipinski definition) is 2. The van der Waals surface area contributed by atoms with Gasteiger partial charge < -0.3 is 5.32 Å². The van der Waals surface area contributed by atoms with Crippen LogP contribution >= 0.6 is 22.9 Å². The van der Waals surface area contributed by atoms with Crippen molar-refractivity contribution in [1.82, 2.24) is 5.32 Å². The fourth-order valence-electron chi connectivity index (χ4n) is 2.89. The standard InChI is InChI=1S/C16H17ClFNOS/c17-14-12-7-6-11(18)8-13(12)21-15(14)16(20)19-9-10-4-2-1-3-5-10/h6-8,10H,1-5,9H2,(H,19,20). The van der Waals surface area contributed by atoms with Crippen molar-refractivity contribution in [2.45, 2.75) is 32.1 Å². The van der Waals surface area contributed by atoms with E-state index in [9.17, 15) is 9.18 Å². The average Bonchev–Trinajstić information content (AvgIpc) is 2.82. The molecule has 2 aromatic rings. The molecule has 1 heterocycles. The summed E-state index contributed by atoms with van der Waals surface area (Å²) < 4.78 is 13.9. The second kappa shape index (κ2) is 6.32. The minimum absolute atomic E-state index is 0.146. The Morgan fingerprint density at radius 3 is 2.86 bits per heavy atom. The predicted molar refractivity (Wildman–Crippen MR) is 85.7 cm³/mol. The van der Waals surface area contributed by atoms with Gasteiger partial charge in [0.25, 0.3) is 5.91 Å². The van der Waals surface area contributed by atoms with Gasteiger partial charge in [0.1, 0.15) is 10.7 Å². The molecule has 1 aromatic carbocycles. The normalized spacial score (nSPS) is 16.3. The van der Waals surface area contributed by atoms with Crippen molar-refractivity contribution in [2.24, 2.45) is 5.92 Å². The fraction of sp³-hybridized carbons (Fsp3) is 0.438. The summed E-state index contributed by atoms with van der Waals surface area (Å²) in [6.07, 6.45) is 6.18. The number of halogens is 2. The molecule has 21 heavy (non-hydrogen) atoms. The highest BCUT2D eigenvalue weighted by atomic mass is 35.5. The van der Waals surface area contributed by atoms with Gasteiger partial charge in [-0.2, -0.15) is 0 Å². The molecule has 0 spiro atoms. The molecule has 1 amide bonds. The number of rotatable bonds is 3. The summed E-state index contributed by atoms with van der Waals surface area (Å²) in [5.41, 5.74) is 0. The van der Waals surface area contributed by atoms with Gasteiger partial charge in [-0.25, -0.2) is 4.39 Å². The molecule has 1 N–H and O–H groups in total. The lowest BCUT2D eigenvalue weighted by Crippen LogP contribution is -2.29. The molecule has 1 saturated carbocycles. The van der Waals surface area contributed by atoms with E-state index in [1.54, 1.807) is 6.07 Å². The van der Waals surface area contributed by atoms with Crippen LogP contribution in [0.3, 0.4) is 0 Å². The maximum atomic E-state index is 13.2. The molecule has 1 aromatic heterocycles. The van der Waals surface area contributed by atoms with Gasteiger partial charge in [-0.3, -0.25) is 4.79 Å². The molecule has 0 radical (unpaired) electrons. The Morgan fingerprint density at radius 1 is 1.33 bits per heavy atom. The third-order valence-electron chi connectivity index (χ3n) is 4.07. The molecule has 2 nitrogen and oxygen atoms in total. The summed E-state index contributed by atoms with van der Waals surface area (Å²) >= 11 is 7.50. The Balaban J connectivity index is 1.73. The summed E-state index contributed by atoms with van der Waals surface area (Å²) in [5, 5.41) is 4.15. The Morgan fingerprint density at radius 2 is 2.10 bits per heavy atom. The van der Waals surface area contributed by atoms with Crippen LogP contribution in [0.4, 0.5) is 4.39 Å². The molecule has 0 saturated heterocycles. The predicted octanol–water partition coefficient (Wildman–Crippen LogP) is 5.00. The summed E-state index contributed by atoms with van der Waals surface area (Å²) in [5.74, 6) is 0.120. The summed E-state index contributed by atoms with van der Waals surface area (Å²) in [4.78, 5) is 12.8. The third kappa shape index (κ3) is 3.22. The zero-order valence-corrected chi connectivity index (χ0v) is 13.2. The van der Waals surface area contributed by atoms with Crippen LogP contribution in [0.5, 0.6) is 0 Å². The van der Waals surface area contributed by atoms with Gasteiger partial charge in [0, 0.05) is 16.6 Å². The molecule has 1 aliphatic carbocycles. The first-order valence-corrected chi connectivity index (χ1v) is 8.50. The Labute approximate surface area is 132 Å². The first-order valence-electron chi connectivity index (χ1n) is 7.31. The molecule has 0 bridgehead atoms. The number of carbonyl (C=O) groups excluding carboxylic acids is 1. The SMILES string of the molecule is O=C(NCC1CCCCC1)c1sc2cc(F)ccc2c1Cl. The third-order valence-corrected chi connectivity index (χ3v) is 5.73. The van der Waals surface area contributed by atoms with Crippen molar-refractivity contribution in [1.29, 1.82) is 0 Å². The molecule has 0 aliphatic heterocycles. The molecule has 3 rings (SSSR count). The zero-order chi connectivity index (χ0) is 14.8. The van der Waals surface area contributed by atoms with Crippen LogP contribution in [0, 0.1) is 11.7 Å². The van der Waals surface area contributed by atoms with E-state index in [0.29, 0.717) is 27.1 Å². The number of nitrogens with one attached hydrogen (secondary N) is 1. The number of benzene rings is 1. The van der Waals surface area contributed by atoms with Crippen LogP contribution in [0.25, 0.3) is 10.1 Å². The van der Waals surface area contributed by atoms with Gasteiger partial charge in [0.05, 0.1) is 5.02 Å². The molecule has 1 aliphatic rings. The molecule has 112 valence electrons. The summed E-state index contributed by atoms with van der Waals surface area (Å²) in [6.45, 7) is 0.706. The van der Waals surface area contributed by atoms with E-state index in [-0.39, 0.29) is 11.7 Å². The summed E-state index contributed by atoms with van der Waals surface area (Å²) in [7, 11) is 0. The fourth-order valence-corrected chi connectivity index (χ4v) is 4.35. The second-order valence-corrected chi connectivity index (χ2v) is 7.03. The molecular weight excluding hydrogens is 309 g/mol. The van der Waals surface area contributed by atoms with Gasteiger partial charge in [0.2, 0.25) is 0 Å². The van der Waals surface area contributed by atoms with E-state index in [1.807, 2.05) is 0 Å². The smallest absolute Gasteiger partial charge is 0.262 e. The van der Waals surface area contributed by atoms with Gasteiger partial charge in [0.15, 0.2) is 0 Å². The van der Waals surface area contributed by atoms with Crippen molar-refractivity contribution in [3.05, 3.63) is 33.9 Å².